The van der Waals surface area contributed by atoms with Crippen LogP contribution in [0.15, 0.2) is 48.5 Å². The lowest BCUT2D eigenvalue weighted by Gasteiger charge is -2.13. The zero-order chi connectivity index (χ0) is 20.3. The summed E-state index contributed by atoms with van der Waals surface area (Å²) in [5.74, 6) is -0.830. The number of carbonyl (C=O) groups excluding carboxylic acids is 1. The molecule has 0 saturated carbocycles. The number of nitrogens with zero attached hydrogens (tertiary/aromatic N) is 3. The second-order valence-electron chi connectivity index (χ2n) is 5.70. The van der Waals surface area contributed by atoms with Crippen LogP contribution in [0.3, 0.4) is 0 Å². The van der Waals surface area contributed by atoms with E-state index in [9.17, 15) is 18.0 Å². The van der Waals surface area contributed by atoms with Gasteiger partial charge in [0.25, 0.3) is 5.91 Å². The fraction of sp³-hybridized carbons (Fsp3) is 0.167. The normalized spacial score (nSPS) is 11.5. The Kier molecular flexibility index (Phi) is 5.66. The molecule has 6 nitrogen and oxygen atoms in total. The first-order valence-electron chi connectivity index (χ1n) is 7.98. The number of hydrogen-bond acceptors (Lipinski definition) is 4. The lowest BCUT2D eigenvalue weighted by atomic mass is 10.1. The van der Waals surface area contributed by atoms with Gasteiger partial charge in [-0.15, -0.1) is 5.10 Å². The highest BCUT2D eigenvalue weighted by atomic mass is 35.5. The Hall–Kier alpha value is -2.91. The van der Waals surface area contributed by atoms with Crippen LogP contribution in [-0.4, -0.2) is 28.0 Å². The fourth-order valence-corrected chi connectivity index (χ4v) is 2.68. The highest BCUT2D eigenvalue weighted by Gasteiger charge is 2.34. The van der Waals surface area contributed by atoms with Gasteiger partial charge >= 0.3 is 6.18 Å². The van der Waals surface area contributed by atoms with Crippen LogP contribution in [0.2, 0.25) is 5.02 Å². The summed E-state index contributed by atoms with van der Waals surface area (Å²) in [5, 5.41) is 10.5. The van der Waals surface area contributed by atoms with E-state index in [1.807, 2.05) is 0 Å². The standard InChI is InChI=1S/C18H14ClF3N4O2/c1-28-10-15-16(24-25-26(15)12-8-6-11(19)7-9-12)17(27)23-14-5-3-2-4-13(14)18(20,21)22/h2-9H,10H2,1H3,(H,23,27). The summed E-state index contributed by atoms with van der Waals surface area (Å²) < 4.78 is 45.9. The van der Waals surface area contributed by atoms with Gasteiger partial charge in [-0.3, -0.25) is 4.79 Å². The van der Waals surface area contributed by atoms with Crippen molar-refractivity contribution in [3.63, 3.8) is 0 Å². The molecule has 0 unspecified atom stereocenters. The minimum absolute atomic E-state index is 0.0285. The average molecular weight is 411 g/mol. The Balaban J connectivity index is 1.96. The predicted molar refractivity (Wildman–Crippen MR) is 96.5 cm³/mol. The van der Waals surface area contributed by atoms with Crippen LogP contribution in [0, 0.1) is 0 Å². The van der Waals surface area contributed by atoms with Gasteiger partial charge in [0.2, 0.25) is 0 Å². The number of carbonyl (C=O) groups is 1. The van der Waals surface area contributed by atoms with E-state index < -0.39 is 17.6 Å². The van der Waals surface area contributed by atoms with E-state index in [1.54, 1.807) is 24.3 Å². The van der Waals surface area contributed by atoms with Crippen LogP contribution in [0.25, 0.3) is 5.69 Å². The van der Waals surface area contributed by atoms with Gasteiger partial charge in [0.1, 0.15) is 5.69 Å². The fourth-order valence-electron chi connectivity index (χ4n) is 2.55. The molecule has 1 aromatic heterocycles. The molecular weight excluding hydrogens is 397 g/mol. The Morgan fingerprint density at radius 2 is 1.86 bits per heavy atom. The van der Waals surface area contributed by atoms with Crippen LogP contribution < -0.4 is 5.32 Å². The third-order valence-corrected chi connectivity index (χ3v) is 4.06. The molecule has 0 bridgehead atoms. The molecule has 146 valence electrons. The third-order valence-electron chi connectivity index (χ3n) is 3.81. The number of methoxy groups -OCH3 is 1. The summed E-state index contributed by atoms with van der Waals surface area (Å²) in [5.41, 5.74) is -0.620. The van der Waals surface area contributed by atoms with Crippen LogP contribution in [0.5, 0.6) is 0 Å². The maximum absolute atomic E-state index is 13.1. The number of ether oxygens (including phenoxy) is 1. The molecule has 0 radical (unpaired) electrons. The second kappa shape index (κ2) is 7.99. The Morgan fingerprint density at radius 1 is 1.18 bits per heavy atom. The first kappa shape index (κ1) is 19.8. The molecular formula is C18H14ClF3N4O2. The maximum Gasteiger partial charge on any atom is 0.418 e. The molecule has 0 aliphatic rings. The van der Waals surface area contributed by atoms with Crippen molar-refractivity contribution in [1.82, 2.24) is 15.0 Å². The van der Waals surface area contributed by atoms with E-state index >= 15 is 0 Å². The zero-order valence-electron chi connectivity index (χ0n) is 14.5. The molecule has 1 N–H and O–H groups in total. The van der Waals surface area contributed by atoms with Crippen molar-refractivity contribution < 1.29 is 22.7 Å². The summed E-state index contributed by atoms with van der Waals surface area (Å²) >= 11 is 5.87. The average Bonchev–Trinajstić information content (AvgIpc) is 3.06. The smallest absolute Gasteiger partial charge is 0.378 e. The van der Waals surface area contributed by atoms with Crippen molar-refractivity contribution >= 4 is 23.2 Å². The van der Waals surface area contributed by atoms with Crippen LogP contribution in [-0.2, 0) is 17.5 Å². The number of rotatable bonds is 5. The highest BCUT2D eigenvalue weighted by molar-refractivity contribution is 6.30. The van der Waals surface area contributed by atoms with E-state index in [-0.39, 0.29) is 23.7 Å². The van der Waals surface area contributed by atoms with Crippen LogP contribution in [0.4, 0.5) is 18.9 Å². The minimum atomic E-state index is -4.61. The largest absolute Gasteiger partial charge is 0.418 e. The molecule has 2 aromatic carbocycles. The first-order chi connectivity index (χ1) is 13.3. The molecule has 0 spiro atoms. The molecule has 3 aromatic rings. The number of nitrogens with one attached hydrogen (secondary N) is 1. The van der Waals surface area contributed by atoms with E-state index in [2.05, 4.69) is 15.6 Å². The van der Waals surface area contributed by atoms with Gasteiger partial charge in [0, 0.05) is 12.1 Å². The quantitative estimate of drug-likeness (QED) is 0.679. The predicted octanol–water partition coefficient (Wildman–Crippen LogP) is 4.34. The van der Waals surface area contributed by atoms with Gasteiger partial charge in [-0.25, -0.2) is 4.68 Å². The summed E-state index contributed by atoms with van der Waals surface area (Å²) in [6.07, 6.45) is -4.61. The first-order valence-corrected chi connectivity index (χ1v) is 8.36. The number of halogens is 4. The number of amides is 1. The molecule has 28 heavy (non-hydrogen) atoms. The molecule has 0 aliphatic heterocycles. The lowest BCUT2D eigenvalue weighted by molar-refractivity contribution is -0.136. The Labute approximate surface area is 162 Å². The molecule has 1 amide bonds. The number of aromatic nitrogens is 3. The highest BCUT2D eigenvalue weighted by Crippen LogP contribution is 2.34. The van der Waals surface area contributed by atoms with Crippen molar-refractivity contribution in [1.29, 1.82) is 0 Å². The van der Waals surface area contributed by atoms with Crippen molar-refractivity contribution in [2.75, 3.05) is 12.4 Å². The molecule has 0 fully saturated rings. The number of anilines is 1. The molecule has 3 rings (SSSR count). The Bertz CT molecular complexity index is 987. The van der Waals surface area contributed by atoms with Crippen molar-refractivity contribution in [3.8, 4) is 5.69 Å². The molecule has 0 aliphatic carbocycles. The summed E-state index contributed by atoms with van der Waals surface area (Å²) in [6, 6.07) is 11.3. The van der Waals surface area contributed by atoms with Crippen molar-refractivity contribution in [2.45, 2.75) is 12.8 Å². The second-order valence-corrected chi connectivity index (χ2v) is 6.14. The van der Waals surface area contributed by atoms with E-state index in [1.165, 1.54) is 30.0 Å². The van der Waals surface area contributed by atoms with Gasteiger partial charge in [0.15, 0.2) is 5.69 Å². The van der Waals surface area contributed by atoms with Gasteiger partial charge in [-0.1, -0.05) is 28.9 Å². The van der Waals surface area contributed by atoms with Gasteiger partial charge in [-0.2, -0.15) is 13.2 Å². The van der Waals surface area contributed by atoms with Crippen molar-refractivity contribution in [2.24, 2.45) is 0 Å². The molecule has 10 heteroatoms. The molecule has 0 atom stereocenters. The monoisotopic (exact) mass is 410 g/mol. The number of hydrogen-bond donors (Lipinski definition) is 1. The number of alkyl halides is 3. The summed E-state index contributed by atoms with van der Waals surface area (Å²) in [4.78, 5) is 12.6. The summed E-state index contributed by atoms with van der Waals surface area (Å²) in [7, 11) is 1.42. The summed E-state index contributed by atoms with van der Waals surface area (Å²) in [6.45, 7) is -0.0285. The molecule has 1 heterocycles. The van der Waals surface area contributed by atoms with E-state index in [0.29, 0.717) is 10.7 Å². The number of benzene rings is 2. The van der Waals surface area contributed by atoms with Crippen molar-refractivity contribution in [3.05, 3.63) is 70.5 Å². The van der Waals surface area contributed by atoms with E-state index in [4.69, 9.17) is 16.3 Å². The number of para-hydroxylation sites is 1. The lowest BCUT2D eigenvalue weighted by Crippen LogP contribution is -2.19. The Morgan fingerprint density at radius 3 is 2.50 bits per heavy atom. The maximum atomic E-state index is 13.1. The van der Waals surface area contributed by atoms with Gasteiger partial charge < -0.3 is 10.1 Å². The topological polar surface area (TPSA) is 69.0 Å². The van der Waals surface area contributed by atoms with E-state index in [0.717, 1.165) is 6.07 Å². The molecule has 0 saturated heterocycles. The minimum Gasteiger partial charge on any atom is -0.378 e. The third kappa shape index (κ3) is 4.15. The SMILES string of the molecule is COCc1c(C(=O)Nc2ccccc2C(F)(F)F)nnn1-c1ccc(Cl)cc1. The van der Waals surface area contributed by atoms with Gasteiger partial charge in [-0.05, 0) is 36.4 Å². The van der Waals surface area contributed by atoms with Crippen LogP contribution >= 0.6 is 11.6 Å². The van der Waals surface area contributed by atoms with Crippen LogP contribution in [0.1, 0.15) is 21.7 Å². The van der Waals surface area contributed by atoms with Gasteiger partial charge in [0.05, 0.1) is 23.5 Å². The zero-order valence-corrected chi connectivity index (χ0v) is 15.3.